The monoisotopic (exact) mass is 360 g/mol. The van der Waals surface area contributed by atoms with Crippen LogP contribution >= 0.6 is 0 Å². The fourth-order valence-electron chi connectivity index (χ4n) is 3.44. The summed E-state index contributed by atoms with van der Waals surface area (Å²) in [4.78, 5) is 31.1. The molecule has 26 heavy (non-hydrogen) atoms. The molecule has 3 heterocycles. The summed E-state index contributed by atoms with van der Waals surface area (Å²) >= 11 is 0. The molecule has 1 N–H and O–H groups in total. The zero-order chi connectivity index (χ0) is 18.7. The highest BCUT2D eigenvalue weighted by atomic mass is 16.5. The van der Waals surface area contributed by atoms with Gasteiger partial charge in [0.25, 0.3) is 5.91 Å². The predicted molar refractivity (Wildman–Crippen MR) is 93.7 cm³/mol. The van der Waals surface area contributed by atoms with Crippen LogP contribution in [0.3, 0.4) is 0 Å². The molecule has 0 unspecified atom stereocenters. The molecule has 8 heteroatoms. The molecule has 0 aliphatic carbocycles. The highest BCUT2D eigenvalue weighted by Crippen LogP contribution is 2.28. The number of rotatable bonds is 6. The first kappa shape index (κ1) is 18.2. The maximum absolute atomic E-state index is 12.9. The molecule has 1 aliphatic heterocycles. The van der Waals surface area contributed by atoms with Crippen molar-refractivity contribution in [1.82, 2.24) is 19.8 Å². The van der Waals surface area contributed by atoms with Crippen LogP contribution in [0.15, 0.2) is 29.1 Å². The van der Waals surface area contributed by atoms with Crippen LogP contribution < -0.4 is 5.32 Å². The van der Waals surface area contributed by atoms with Crippen molar-refractivity contribution in [3.8, 4) is 0 Å². The summed E-state index contributed by atoms with van der Waals surface area (Å²) in [5.41, 5.74) is 0.885. The quantitative estimate of drug-likeness (QED) is 0.828. The maximum Gasteiger partial charge on any atom is 0.289 e. The Balaban J connectivity index is 1.82. The first-order valence-electron chi connectivity index (χ1n) is 8.66. The van der Waals surface area contributed by atoms with Gasteiger partial charge in [0.15, 0.2) is 5.76 Å². The summed E-state index contributed by atoms with van der Waals surface area (Å²) in [6.45, 7) is 2.83. The number of nitrogens with zero attached hydrogens (tertiary/aromatic N) is 3. The average Bonchev–Trinajstić information content (AvgIpc) is 3.33. The average molecular weight is 360 g/mol. The largest absolute Gasteiger partial charge is 0.459 e. The molecule has 0 spiro atoms. The van der Waals surface area contributed by atoms with Gasteiger partial charge in [0.05, 0.1) is 18.2 Å². The van der Waals surface area contributed by atoms with E-state index in [1.807, 2.05) is 30.8 Å². The zero-order valence-electron chi connectivity index (χ0n) is 15.3. The van der Waals surface area contributed by atoms with E-state index in [1.165, 1.54) is 13.4 Å². The van der Waals surface area contributed by atoms with Gasteiger partial charge in [-0.05, 0) is 12.5 Å². The number of hydrogen-bond acceptors (Lipinski definition) is 5. The Morgan fingerprint density at radius 2 is 2.23 bits per heavy atom. The smallest absolute Gasteiger partial charge is 0.289 e. The maximum atomic E-state index is 12.9. The number of aromatic nitrogens is 2. The molecule has 0 aromatic carbocycles. The predicted octanol–water partition coefficient (Wildman–Crippen LogP) is 0.946. The van der Waals surface area contributed by atoms with Crippen molar-refractivity contribution in [1.29, 1.82) is 0 Å². The number of amides is 2. The Labute approximate surface area is 152 Å². The first-order valence-corrected chi connectivity index (χ1v) is 8.66. The fourth-order valence-corrected chi connectivity index (χ4v) is 3.44. The Hall–Kier alpha value is -2.61. The van der Waals surface area contributed by atoms with Gasteiger partial charge in [-0.3, -0.25) is 9.59 Å². The van der Waals surface area contributed by atoms with E-state index < -0.39 is 0 Å². The molecule has 2 atom stereocenters. The molecule has 140 valence electrons. The minimum absolute atomic E-state index is 0.0180. The molecule has 2 aromatic rings. The first-order chi connectivity index (χ1) is 12.5. The van der Waals surface area contributed by atoms with Crippen molar-refractivity contribution in [2.75, 3.05) is 26.8 Å². The van der Waals surface area contributed by atoms with E-state index in [-0.39, 0.29) is 30.4 Å². The number of nitrogens with one attached hydrogen (secondary N) is 1. The second kappa shape index (κ2) is 7.74. The number of carbonyl (C=O) groups excluding carboxylic acids is 2. The van der Waals surface area contributed by atoms with E-state index in [2.05, 4.69) is 10.3 Å². The van der Waals surface area contributed by atoms with E-state index in [1.54, 1.807) is 11.1 Å². The van der Waals surface area contributed by atoms with E-state index >= 15 is 0 Å². The second-order valence-electron chi connectivity index (χ2n) is 6.45. The molecule has 0 bridgehead atoms. The number of methoxy groups -OCH3 is 1. The van der Waals surface area contributed by atoms with Gasteiger partial charge in [0, 0.05) is 45.2 Å². The highest BCUT2D eigenvalue weighted by Gasteiger charge is 2.40. The lowest BCUT2D eigenvalue weighted by atomic mass is 10.0. The van der Waals surface area contributed by atoms with Crippen molar-refractivity contribution in [2.45, 2.75) is 25.3 Å². The van der Waals surface area contributed by atoms with Gasteiger partial charge in [-0.2, -0.15) is 0 Å². The SMILES string of the molecule is CCc1ccoc1C(=O)N1C[C@@H](NC(=O)COC)[C@H](c2nccn2C)C1. The summed E-state index contributed by atoms with van der Waals surface area (Å²) in [7, 11) is 3.38. The molecule has 2 aromatic heterocycles. The van der Waals surface area contributed by atoms with Crippen LogP contribution in [0, 0.1) is 0 Å². The van der Waals surface area contributed by atoms with Crippen molar-refractivity contribution < 1.29 is 18.7 Å². The number of hydrogen-bond donors (Lipinski definition) is 1. The minimum Gasteiger partial charge on any atom is -0.459 e. The van der Waals surface area contributed by atoms with Gasteiger partial charge in [0.2, 0.25) is 5.91 Å². The lowest BCUT2D eigenvalue weighted by Gasteiger charge is -2.19. The van der Waals surface area contributed by atoms with Crippen LogP contribution in [0.2, 0.25) is 0 Å². The lowest BCUT2D eigenvalue weighted by Crippen LogP contribution is -2.42. The van der Waals surface area contributed by atoms with Crippen LogP contribution in [0.5, 0.6) is 0 Å². The van der Waals surface area contributed by atoms with Gasteiger partial charge in [-0.1, -0.05) is 6.92 Å². The van der Waals surface area contributed by atoms with Gasteiger partial charge in [0.1, 0.15) is 12.4 Å². The number of furan rings is 1. The van der Waals surface area contributed by atoms with E-state index in [4.69, 9.17) is 9.15 Å². The number of carbonyl (C=O) groups is 2. The fraction of sp³-hybridized carbons (Fsp3) is 0.500. The lowest BCUT2D eigenvalue weighted by molar-refractivity contribution is -0.125. The van der Waals surface area contributed by atoms with Gasteiger partial charge in [-0.15, -0.1) is 0 Å². The topological polar surface area (TPSA) is 89.6 Å². The van der Waals surface area contributed by atoms with Gasteiger partial charge in [-0.25, -0.2) is 4.98 Å². The van der Waals surface area contributed by atoms with Crippen LogP contribution in [0.4, 0.5) is 0 Å². The molecule has 3 rings (SSSR count). The van der Waals surface area contributed by atoms with Crippen LogP contribution in [-0.2, 0) is 23.0 Å². The summed E-state index contributed by atoms with van der Waals surface area (Å²) in [5.74, 6) is 0.737. The molecular formula is C18H24N4O4. The van der Waals surface area contributed by atoms with E-state index in [0.29, 0.717) is 18.8 Å². The van der Waals surface area contributed by atoms with Crippen molar-refractivity contribution in [2.24, 2.45) is 7.05 Å². The third-order valence-corrected chi connectivity index (χ3v) is 4.74. The highest BCUT2D eigenvalue weighted by molar-refractivity contribution is 5.93. The van der Waals surface area contributed by atoms with Gasteiger partial charge >= 0.3 is 0 Å². The summed E-state index contributed by atoms with van der Waals surface area (Å²) in [5, 5.41) is 2.96. The van der Waals surface area contributed by atoms with Crippen molar-refractivity contribution in [3.05, 3.63) is 41.9 Å². The third kappa shape index (κ3) is 3.50. The Morgan fingerprint density at radius 1 is 1.42 bits per heavy atom. The molecule has 2 amide bonds. The Bertz CT molecular complexity index is 782. The van der Waals surface area contributed by atoms with E-state index in [9.17, 15) is 9.59 Å². The summed E-state index contributed by atoms with van der Waals surface area (Å²) in [6, 6.07) is 1.58. The number of imidazole rings is 1. The van der Waals surface area contributed by atoms with Crippen LogP contribution in [-0.4, -0.2) is 59.1 Å². The Kier molecular flexibility index (Phi) is 5.41. The standard InChI is InChI=1S/C18H24N4O4/c1-4-12-5-8-26-16(12)18(24)22-9-13(17-19-6-7-21(17)2)14(10-22)20-15(23)11-25-3/h5-8,13-14H,4,9-11H2,1-3H3,(H,20,23)/t13-,14-/m1/s1. The molecule has 1 fully saturated rings. The minimum atomic E-state index is -0.234. The number of likely N-dealkylation sites (tertiary alicyclic amines) is 1. The Morgan fingerprint density at radius 3 is 2.88 bits per heavy atom. The molecule has 0 saturated carbocycles. The summed E-state index contributed by atoms with van der Waals surface area (Å²) < 4.78 is 12.2. The normalized spacial score (nSPS) is 19.7. The molecule has 0 radical (unpaired) electrons. The van der Waals surface area contributed by atoms with Crippen LogP contribution in [0.25, 0.3) is 0 Å². The summed E-state index contributed by atoms with van der Waals surface area (Å²) in [6.07, 6.45) is 5.84. The number of aryl methyl sites for hydroxylation is 2. The molecular weight excluding hydrogens is 336 g/mol. The zero-order valence-corrected chi connectivity index (χ0v) is 15.3. The molecule has 1 aliphatic rings. The second-order valence-corrected chi connectivity index (χ2v) is 6.45. The van der Waals surface area contributed by atoms with Crippen LogP contribution in [0.1, 0.15) is 34.8 Å². The third-order valence-electron chi connectivity index (χ3n) is 4.74. The van der Waals surface area contributed by atoms with Crippen molar-refractivity contribution >= 4 is 11.8 Å². The molecule has 1 saturated heterocycles. The molecule has 8 nitrogen and oxygen atoms in total. The number of ether oxygens (including phenoxy) is 1. The van der Waals surface area contributed by atoms with Gasteiger partial charge < -0.3 is 23.9 Å². The van der Waals surface area contributed by atoms with E-state index in [0.717, 1.165) is 17.8 Å². The van der Waals surface area contributed by atoms with Crippen molar-refractivity contribution in [3.63, 3.8) is 0 Å².